The molecule has 1 fully saturated rings. The molecule has 1 aliphatic heterocycles. The lowest BCUT2D eigenvalue weighted by Gasteiger charge is -2.22. The summed E-state index contributed by atoms with van der Waals surface area (Å²) in [5, 5.41) is 3.12. The average molecular weight is 288 g/mol. The summed E-state index contributed by atoms with van der Waals surface area (Å²) in [4.78, 5) is 12.4. The van der Waals surface area contributed by atoms with Gasteiger partial charge in [-0.2, -0.15) is 11.8 Å². The van der Waals surface area contributed by atoms with Crippen LogP contribution in [0.3, 0.4) is 0 Å². The van der Waals surface area contributed by atoms with Crippen molar-refractivity contribution in [3.05, 3.63) is 34.9 Å². The van der Waals surface area contributed by atoms with Crippen LogP contribution in [0.4, 0.5) is 0 Å². The highest BCUT2D eigenvalue weighted by molar-refractivity contribution is 7.99. The summed E-state index contributed by atoms with van der Waals surface area (Å²) in [6.07, 6.45) is 2.10. The minimum atomic E-state index is -0.0248. The fourth-order valence-corrected chi connectivity index (χ4v) is 3.32. The predicted octanol–water partition coefficient (Wildman–Crippen LogP) is 1.93. The van der Waals surface area contributed by atoms with Crippen LogP contribution in [0.5, 0.6) is 0 Å². The Morgan fingerprint density at radius 1 is 1.45 bits per heavy atom. The van der Waals surface area contributed by atoms with Gasteiger partial charge in [0.1, 0.15) is 0 Å². The quantitative estimate of drug-likeness (QED) is 0.818. The zero-order valence-corrected chi connectivity index (χ0v) is 12.6. The van der Waals surface area contributed by atoms with E-state index in [4.69, 9.17) is 5.73 Å². The molecule has 0 spiro atoms. The number of rotatable bonds is 2. The molecular weight excluding hydrogens is 268 g/mol. The average Bonchev–Trinajstić information content (AvgIpc) is 2.46. The van der Waals surface area contributed by atoms with Gasteiger partial charge in [0.15, 0.2) is 0 Å². The molecule has 0 radical (unpaired) electrons. The highest BCUT2D eigenvalue weighted by Gasteiger charge is 2.18. The molecule has 106 valence electrons. The van der Waals surface area contributed by atoms with Crippen molar-refractivity contribution in [3.63, 3.8) is 0 Å². The minimum Gasteiger partial charge on any atom is -0.349 e. The molecule has 3 N–H and O–H groups in total. The van der Waals surface area contributed by atoms with E-state index >= 15 is 0 Å². The number of thioether (sulfide) groups is 1. The third-order valence-corrected chi connectivity index (χ3v) is 4.35. The Labute approximate surface area is 124 Å². The fraction of sp³-hybridized carbons (Fsp3) is 0.438. The molecule has 1 aliphatic rings. The van der Waals surface area contributed by atoms with Crippen LogP contribution in [0, 0.1) is 18.8 Å². The van der Waals surface area contributed by atoms with E-state index in [0.717, 1.165) is 35.5 Å². The van der Waals surface area contributed by atoms with E-state index in [1.807, 2.05) is 36.9 Å². The third-order valence-electron chi connectivity index (χ3n) is 3.30. The summed E-state index contributed by atoms with van der Waals surface area (Å²) in [5.74, 6) is 8.04. The maximum atomic E-state index is 12.4. The van der Waals surface area contributed by atoms with E-state index in [2.05, 4.69) is 17.2 Å². The van der Waals surface area contributed by atoms with Crippen molar-refractivity contribution in [2.45, 2.75) is 25.8 Å². The predicted molar refractivity (Wildman–Crippen MR) is 84.9 cm³/mol. The first-order chi connectivity index (χ1) is 9.70. The second-order valence-corrected chi connectivity index (χ2v) is 6.14. The van der Waals surface area contributed by atoms with Crippen LogP contribution in [0.15, 0.2) is 18.2 Å². The molecule has 0 bridgehead atoms. The molecule has 1 aromatic rings. The minimum absolute atomic E-state index is 0.0248. The number of hydrogen-bond donors (Lipinski definition) is 2. The first-order valence-electron chi connectivity index (χ1n) is 6.89. The molecule has 4 heteroatoms. The first kappa shape index (κ1) is 15.0. The molecule has 0 aromatic heterocycles. The molecule has 0 unspecified atom stereocenters. The summed E-state index contributed by atoms with van der Waals surface area (Å²) in [7, 11) is 0. The monoisotopic (exact) mass is 288 g/mol. The smallest absolute Gasteiger partial charge is 0.252 e. The highest BCUT2D eigenvalue weighted by atomic mass is 32.2. The van der Waals surface area contributed by atoms with Gasteiger partial charge in [0, 0.05) is 11.6 Å². The van der Waals surface area contributed by atoms with Crippen molar-refractivity contribution in [1.29, 1.82) is 0 Å². The van der Waals surface area contributed by atoms with Crippen LogP contribution in [0.2, 0.25) is 0 Å². The molecule has 2 rings (SSSR count). The fourth-order valence-electron chi connectivity index (χ4n) is 2.21. The van der Waals surface area contributed by atoms with Crippen molar-refractivity contribution in [2.24, 2.45) is 5.73 Å². The van der Waals surface area contributed by atoms with Crippen molar-refractivity contribution in [1.82, 2.24) is 5.32 Å². The maximum Gasteiger partial charge on any atom is 0.252 e. The van der Waals surface area contributed by atoms with Gasteiger partial charge in [0.2, 0.25) is 0 Å². The Morgan fingerprint density at radius 2 is 2.20 bits per heavy atom. The van der Waals surface area contributed by atoms with Gasteiger partial charge in [-0.1, -0.05) is 17.9 Å². The molecule has 1 aromatic carbocycles. The summed E-state index contributed by atoms with van der Waals surface area (Å²) in [6, 6.07) is 6.02. The first-order valence-corrected chi connectivity index (χ1v) is 8.04. The molecule has 0 atom stereocenters. The van der Waals surface area contributed by atoms with E-state index in [-0.39, 0.29) is 5.91 Å². The molecule has 20 heavy (non-hydrogen) atoms. The molecule has 3 nitrogen and oxygen atoms in total. The van der Waals surface area contributed by atoms with E-state index < -0.39 is 0 Å². The molecule has 1 amide bonds. The summed E-state index contributed by atoms with van der Waals surface area (Å²) in [5.41, 5.74) is 7.92. The van der Waals surface area contributed by atoms with Gasteiger partial charge in [0.25, 0.3) is 5.91 Å². The maximum absolute atomic E-state index is 12.4. The lowest BCUT2D eigenvalue weighted by Crippen LogP contribution is -2.37. The topological polar surface area (TPSA) is 55.1 Å². The highest BCUT2D eigenvalue weighted by Crippen LogP contribution is 2.18. The van der Waals surface area contributed by atoms with Crippen LogP contribution in [-0.4, -0.2) is 30.0 Å². The summed E-state index contributed by atoms with van der Waals surface area (Å²) in [6.45, 7) is 2.29. The lowest BCUT2D eigenvalue weighted by molar-refractivity contribution is 0.0934. The van der Waals surface area contributed by atoms with Gasteiger partial charge in [-0.05, 0) is 49.0 Å². The number of nitrogens with one attached hydrogen (secondary N) is 1. The van der Waals surface area contributed by atoms with E-state index in [1.54, 1.807) is 0 Å². The summed E-state index contributed by atoms with van der Waals surface area (Å²) >= 11 is 1.95. The van der Waals surface area contributed by atoms with Crippen molar-refractivity contribution >= 4 is 17.7 Å². The third kappa shape index (κ3) is 4.03. The second-order valence-electron chi connectivity index (χ2n) is 4.92. The van der Waals surface area contributed by atoms with Gasteiger partial charge in [0.05, 0.1) is 12.1 Å². The van der Waals surface area contributed by atoms with Crippen molar-refractivity contribution in [2.75, 3.05) is 18.1 Å². The van der Waals surface area contributed by atoms with Gasteiger partial charge in [-0.15, -0.1) is 0 Å². The Bertz CT molecular complexity index is 539. The molecule has 0 saturated carbocycles. The number of benzene rings is 1. The Kier molecular flexibility index (Phi) is 5.51. The van der Waals surface area contributed by atoms with Crippen molar-refractivity contribution < 1.29 is 4.79 Å². The van der Waals surface area contributed by atoms with Gasteiger partial charge in [-0.3, -0.25) is 4.79 Å². The van der Waals surface area contributed by atoms with Gasteiger partial charge >= 0.3 is 0 Å². The van der Waals surface area contributed by atoms with Gasteiger partial charge < -0.3 is 11.1 Å². The Hall–Kier alpha value is -1.44. The number of carbonyl (C=O) groups is 1. The van der Waals surface area contributed by atoms with Crippen LogP contribution in [-0.2, 0) is 0 Å². The zero-order valence-electron chi connectivity index (χ0n) is 11.7. The van der Waals surface area contributed by atoms with Crippen molar-refractivity contribution in [3.8, 4) is 11.8 Å². The SMILES string of the molecule is Cc1ccc(C(=O)NC2CCSCC2)c(C#CCN)c1. The number of nitrogens with two attached hydrogens (primary N) is 1. The van der Waals surface area contributed by atoms with Gasteiger partial charge in [-0.25, -0.2) is 0 Å². The van der Waals surface area contributed by atoms with E-state index in [9.17, 15) is 4.79 Å². The van der Waals surface area contributed by atoms with Crippen LogP contribution in [0.1, 0.15) is 34.3 Å². The number of aryl methyl sites for hydroxylation is 1. The molecule has 1 saturated heterocycles. The standard InChI is InChI=1S/C16H20N2OS/c1-12-4-5-15(13(11-12)3-2-8-17)16(19)18-14-6-9-20-10-7-14/h4-5,11,14H,6-10,17H2,1H3,(H,18,19). The largest absolute Gasteiger partial charge is 0.349 e. The zero-order chi connectivity index (χ0) is 14.4. The number of hydrogen-bond acceptors (Lipinski definition) is 3. The lowest BCUT2D eigenvalue weighted by atomic mass is 10.0. The van der Waals surface area contributed by atoms with Crippen LogP contribution < -0.4 is 11.1 Å². The van der Waals surface area contributed by atoms with Crippen LogP contribution in [0.25, 0.3) is 0 Å². The van der Waals surface area contributed by atoms with E-state index in [1.165, 1.54) is 0 Å². The Balaban J connectivity index is 2.15. The molecule has 0 aliphatic carbocycles. The molecule has 1 heterocycles. The Morgan fingerprint density at radius 3 is 2.90 bits per heavy atom. The second kappa shape index (κ2) is 7.37. The van der Waals surface area contributed by atoms with Crippen LogP contribution >= 0.6 is 11.8 Å². The summed E-state index contributed by atoms with van der Waals surface area (Å²) < 4.78 is 0. The molecular formula is C16H20N2OS. The number of amides is 1. The normalized spacial score (nSPS) is 15.3. The number of carbonyl (C=O) groups excluding carboxylic acids is 1. The van der Waals surface area contributed by atoms with E-state index in [0.29, 0.717) is 18.2 Å².